The summed E-state index contributed by atoms with van der Waals surface area (Å²) in [6.45, 7) is 3.70. The highest BCUT2D eigenvalue weighted by atomic mass is 35.5. The maximum Gasteiger partial charge on any atom is 0.490 e. The number of urea groups is 1. The Balaban J connectivity index is 0.000000745. The summed E-state index contributed by atoms with van der Waals surface area (Å²) in [5.41, 5.74) is 6.39. The Morgan fingerprint density at radius 2 is 1.61 bits per heavy atom. The van der Waals surface area contributed by atoms with Gasteiger partial charge in [-0.25, -0.2) is 9.59 Å². The third-order valence-corrected chi connectivity index (χ3v) is 7.30. The molecule has 0 aromatic heterocycles. The van der Waals surface area contributed by atoms with E-state index >= 15 is 0 Å². The molecule has 0 aliphatic carbocycles. The summed E-state index contributed by atoms with van der Waals surface area (Å²) in [4.78, 5) is 48.5. The van der Waals surface area contributed by atoms with E-state index in [0.29, 0.717) is 22.0 Å². The maximum absolute atomic E-state index is 13.1. The number of halogens is 5. The molecule has 2 aromatic rings. The van der Waals surface area contributed by atoms with E-state index in [4.69, 9.17) is 43.6 Å². The van der Waals surface area contributed by atoms with Crippen LogP contribution in [0.15, 0.2) is 48.5 Å². The summed E-state index contributed by atoms with van der Waals surface area (Å²) in [6.07, 6.45) is -4.37. The number of nitrogens with two attached hydrogens (primary N) is 1. The lowest BCUT2D eigenvalue weighted by molar-refractivity contribution is -0.192. The second-order valence-electron chi connectivity index (χ2n) is 8.66. The predicted molar refractivity (Wildman–Crippen MR) is 147 cm³/mol. The van der Waals surface area contributed by atoms with Crippen LogP contribution in [-0.2, 0) is 20.9 Å². The predicted octanol–water partition coefficient (Wildman–Crippen LogP) is 5.10. The van der Waals surface area contributed by atoms with Crippen molar-refractivity contribution in [3.05, 3.63) is 69.7 Å². The standard InChI is InChI=1S/C23H26Cl2N4O4S.C2HF3O2/c1-3-14(2)19(26)21(31)33-13-28-22(27-20(30)16-6-10-18(25)11-7-16)34-29(23(28)32)12-15-4-8-17(24)9-5-15;3-2(4,5)1(6)7/h4-11,14,19,22H,3,12-13,26H2,1-2H3,(H,27,30);(H,6,7). The lowest BCUT2D eigenvalue weighted by Gasteiger charge is -2.24. The minimum atomic E-state index is -5.08. The van der Waals surface area contributed by atoms with Crippen molar-refractivity contribution >= 4 is 59.0 Å². The highest BCUT2D eigenvalue weighted by Crippen LogP contribution is 2.32. The van der Waals surface area contributed by atoms with Gasteiger partial charge in [-0.2, -0.15) is 13.2 Å². The molecular formula is C25H27Cl2F3N4O6S. The molecule has 3 unspecified atom stereocenters. The number of nitrogens with zero attached hydrogens (tertiary/aromatic N) is 2. The number of carbonyl (C=O) groups is 4. The Morgan fingerprint density at radius 3 is 2.10 bits per heavy atom. The van der Waals surface area contributed by atoms with Gasteiger partial charge in [-0.05, 0) is 47.9 Å². The number of nitrogens with one attached hydrogen (secondary N) is 1. The molecule has 41 heavy (non-hydrogen) atoms. The molecular weight excluding hydrogens is 612 g/mol. The Morgan fingerprint density at radius 1 is 1.10 bits per heavy atom. The lowest BCUT2D eigenvalue weighted by Crippen LogP contribution is -2.47. The monoisotopic (exact) mass is 638 g/mol. The number of esters is 1. The van der Waals surface area contributed by atoms with Gasteiger partial charge in [-0.3, -0.25) is 18.8 Å². The van der Waals surface area contributed by atoms with Crippen LogP contribution >= 0.6 is 35.1 Å². The molecule has 1 aliphatic heterocycles. The van der Waals surface area contributed by atoms with Crippen LogP contribution in [0.2, 0.25) is 10.0 Å². The van der Waals surface area contributed by atoms with Crippen molar-refractivity contribution in [3.8, 4) is 0 Å². The zero-order valence-corrected chi connectivity index (χ0v) is 24.1. The minimum Gasteiger partial charge on any atom is -0.475 e. The zero-order chi connectivity index (χ0) is 30.9. The molecule has 1 heterocycles. The van der Waals surface area contributed by atoms with E-state index in [9.17, 15) is 27.6 Å². The van der Waals surface area contributed by atoms with Crippen molar-refractivity contribution in [2.75, 3.05) is 6.73 Å². The van der Waals surface area contributed by atoms with Crippen LogP contribution in [0.25, 0.3) is 0 Å². The van der Waals surface area contributed by atoms with E-state index in [1.54, 1.807) is 36.4 Å². The summed E-state index contributed by atoms with van der Waals surface area (Å²) in [6, 6.07) is 12.2. The smallest absolute Gasteiger partial charge is 0.475 e. The second-order valence-corrected chi connectivity index (χ2v) is 10.6. The number of hydrogen-bond acceptors (Lipinski definition) is 7. The first kappa shape index (κ1) is 34.0. The summed E-state index contributed by atoms with van der Waals surface area (Å²) in [5.74, 6) is -3.83. The van der Waals surface area contributed by atoms with Gasteiger partial charge in [0.1, 0.15) is 6.04 Å². The number of hydrogen-bond donors (Lipinski definition) is 3. The molecule has 1 fully saturated rings. The molecule has 3 rings (SSSR count). The van der Waals surface area contributed by atoms with Crippen molar-refractivity contribution in [1.82, 2.24) is 14.5 Å². The Kier molecular flexibility index (Phi) is 12.6. The fourth-order valence-electron chi connectivity index (χ4n) is 3.07. The summed E-state index contributed by atoms with van der Waals surface area (Å²) in [5, 5.41) is 11.0. The molecule has 1 saturated heterocycles. The van der Waals surface area contributed by atoms with Gasteiger partial charge < -0.3 is 20.9 Å². The molecule has 16 heteroatoms. The van der Waals surface area contributed by atoms with Crippen molar-refractivity contribution < 1.29 is 42.2 Å². The number of amides is 3. The highest BCUT2D eigenvalue weighted by Gasteiger charge is 2.41. The number of ether oxygens (including phenoxy) is 1. The van der Waals surface area contributed by atoms with Crippen molar-refractivity contribution in [3.63, 3.8) is 0 Å². The van der Waals surface area contributed by atoms with Crippen molar-refractivity contribution in [2.24, 2.45) is 11.7 Å². The summed E-state index contributed by atoms with van der Waals surface area (Å²) in [7, 11) is 0. The fourth-order valence-corrected chi connectivity index (χ4v) is 4.40. The Labute approximate surface area is 248 Å². The largest absolute Gasteiger partial charge is 0.490 e. The van der Waals surface area contributed by atoms with E-state index in [1.807, 2.05) is 26.0 Å². The van der Waals surface area contributed by atoms with E-state index in [2.05, 4.69) is 5.32 Å². The SMILES string of the molecule is CCC(C)C(N)C(=O)OCN1C(=O)N(Cc2ccc(Cl)cc2)SC1NC(=O)c1ccc(Cl)cc1.O=C(O)C(F)(F)F. The van der Waals surface area contributed by atoms with Gasteiger partial charge in [-0.1, -0.05) is 55.6 Å². The number of aliphatic carboxylic acids is 1. The zero-order valence-electron chi connectivity index (χ0n) is 21.7. The van der Waals surface area contributed by atoms with E-state index in [-0.39, 0.29) is 19.2 Å². The fraction of sp³-hybridized carbons (Fsp3) is 0.360. The van der Waals surface area contributed by atoms with Crippen LogP contribution < -0.4 is 11.1 Å². The van der Waals surface area contributed by atoms with Crippen LogP contribution in [0.3, 0.4) is 0 Å². The van der Waals surface area contributed by atoms with Gasteiger partial charge >= 0.3 is 24.1 Å². The third-order valence-electron chi connectivity index (χ3n) is 5.69. The number of carboxylic acids is 1. The maximum atomic E-state index is 13.1. The van der Waals surface area contributed by atoms with Gasteiger partial charge in [0.15, 0.2) is 12.2 Å². The molecule has 224 valence electrons. The molecule has 0 spiro atoms. The summed E-state index contributed by atoms with van der Waals surface area (Å²) >= 11 is 13.0. The molecule has 1 aliphatic rings. The average molecular weight is 639 g/mol. The van der Waals surface area contributed by atoms with E-state index < -0.39 is 41.6 Å². The van der Waals surface area contributed by atoms with Gasteiger partial charge in [0, 0.05) is 27.6 Å². The molecule has 3 atom stereocenters. The topological polar surface area (TPSA) is 142 Å². The molecule has 0 radical (unpaired) electrons. The average Bonchev–Trinajstić information content (AvgIpc) is 3.20. The third kappa shape index (κ3) is 10.3. The Bertz CT molecular complexity index is 1220. The molecule has 0 bridgehead atoms. The number of rotatable bonds is 9. The molecule has 0 saturated carbocycles. The van der Waals surface area contributed by atoms with Crippen LogP contribution in [0, 0.1) is 5.92 Å². The minimum absolute atomic E-state index is 0.0713. The second kappa shape index (κ2) is 15.1. The number of alkyl halides is 3. The van der Waals surface area contributed by atoms with Gasteiger partial charge in [-0.15, -0.1) is 0 Å². The quantitative estimate of drug-likeness (QED) is 0.254. The van der Waals surface area contributed by atoms with E-state index in [0.717, 1.165) is 17.5 Å². The number of carboxylic acid groups (broad SMARTS) is 1. The first-order chi connectivity index (χ1) is 19.1. The lowest BCUT2D eigenvalue weighted by atomic mass is 10.0. The molecule has 3 amide bonds. The number of carbonyl (C=O) groups excluding carboxylic acids is 3. The highest BCUT2D eigenvalue weighted by molar-refractivity contribution is 7.98. The Hall–Kier alpha value is -3.20. The summed E-state index contributed by atoms with van der Waals surface area (Å²) < 4.78 is 38.6. The normalized spacial score (nSPS) is 16.4. The first-order valence-corrected chi connectivity index (χ1v) is 13.5. The van der Waals surface area contributed by atoms with Gasteiger partial charge in [0.2, 0.25) is 0 Å². The molecule has 2 aromatic carbocycles. The van der Waals surface area contributed by atoms with Crippen LogP contribution in [0.4, 0.5) is 18.0 Å². The molecule has 4 N–H and O–H groups in total. The van der Waals surface area contributed by atoms with E-state index in [1.165, 1.54) is 9.21 Å². The van der Waals surface area contributed by atoms with Crippen LogP contribution in [0.1, 0.15) is 36.2 Å². The van der Waals surface area contributed by atoms with Crippen LogP contribution in [-0.4, -0.2) is 62.6 Å². The number of benzene rings is 2. The van der Waals surface area contributed by atoms with Crippen molar-refractivity contribution in [1.29, 1.82) is 0 Å². The van der Waals surface area contributed by atoms with Crippen LogP contribution in [0.5, 0.6) is 0 Å². The van der Waals surface area contributed by atoms with Gasteiger partial charge in [0.25, 0.3) is 5.91 Å². The molecule has 10 nitrogen and oxygen atoms in total. The van der Waals surface area contributed by atoms with Gasteiger partial charge in [0.05, 0.1) is 6.54 Å². The van der Waals surface area contributed by atoms with Crippen molar-refractivity contribution in [2.45, 2.75) is 44.5 Å². The first-order valence-electron chi connectivity index (χ1n) is 11.9.